The van der Waals surface area contributed by atoms with Gasteiger partial charge in [0.25, 0.3) is 5.91 Å². The lowest BCUT2D eigenvalue weighted by Crippen LogP contribution is -2.54. The monoisotopic (exact) mass is 454 g/mol. The number of thiazole rings is 1. The summed E-state index contributed by atoms with van der Waals surface area (Å²) in [6.45, 7) is 3.34. The van der Waals surface area contributed by atoms with E-state index in [1.807, 2.05) is 6.92 Å². The second-order valence-electron chi connectivity index (χ2n) is 8.24. The van der Waals surface area contributed by atoms with Gasteiger partial charge in [-0.15, -0.1) is 11.3 Å². The van der Waals surface area contributed by atoms with E-state index < -0.39 is 35.9 Å². The van der Waals surface area contributed by atoms with Gasteiger partial charge in [-0.05, 0) is 25.7 Å². The predicted octanol–water partition coefficient (Wildman–Crippen LogP) is 2.55. The number of carbonyl (C=O) groups excluding carboxylic acids is 3. The largest absolute Gasteiger partial charge is 0.391 e. The van der Waals surface area contributed by atoms with Gasteiger partial charge in [0.15, 0.2) is 5.13 Å². The van der Waals surface area contributed by atoms with Crippen LogP contribution in [0, 0.1) is 11.8 Å². The minimum Gasteiger partial charge on any atom is -0.391 e. The summed E-state index contributed by atoms with van der Waals surface area (Å²) >= 11 is 1.23. The van der Waals surface area contributed by atoms with Crippen LogP contribution in [0.4, 0.5) is 5.13 Å². The van der Waals surface area contributed by atoms with Crippen LogP contribution in [0.15, 0.2) is 11.6 Å². The number of nitrogens with zero attached hydrogens (tertiary/aromatic N) is 2. The van der Waals surface area contributed by atoms with Gasteiger partial charge in [0.2, 0.25) is 12.3 Å². The van der Waals surface area contributed by atoms with E-state index in [-0.39, 0.29) is 0 Å². The molecule has 1 aliphatic rings. The molecule has 1 aliphatic carbocycles. The molecule has 9 nitrogen and oxygen atoms in total. The lowest BCUT2D eigenvalue weighted by Gasteiger charge is -2.34. The molecule has 0 aliphatic heterocycles. The fraction of sp³-hybridized carbons (Fsp3) is 0.714. The van der Waals surface area contributed by atoms with Gasteiger partial charge < -0.3 is 15.7 Å². The highest BCUT2D eigenvalue weighted by Crippen LogP contribution is 2.32. The molecular weight excluding hydrogens is 420 g/mol. The van der Waals surface area contributed by atoms with Crippen LogP contribution in [0.3, 0.4) is 0 Å². The Morgan fingerprint density at radius 2 is 2.03 bits per heavy atom. The van der Waals surface area contributed by atoms with Crippen molar-refractivity contribution in [2.45, 2.75) is 83.4 Å². The number of hydrogen-bond donors (Lipinski definition) is 4. The summed E-state index contributed by atoms with van der Waals surface area (Å²) < 4.78 is 0. The zero-order chi connectivity index (χ0) is 22.8. The number of rotatable bonds is 12. The number of aliphatic hydroxyl groups excluding tert-OH is 1. The topological polar surface area (TPSA) is 132 Å². The Labute approximate surface area is 187 Å². The maximum atomic E-state index is 13.3. The molecule has 4 N–H and O–H groups in total. The molecule has 0 unspecified atom stereocenters. The molecule has 1 saturated carbocycles. The van der Waals surface area contributed by atoms with Crippen LogP contribution in [0.25, 0.3) is 0 Å². The Kier molecular flexibility index (Phi) is 10.4. The van der Waals surface area contributed by atoms with Crippen LogP contribution >= 0.6 is 11.3 Å². The highest BCUT2D eigenvalue weighted by Gasteiger charge is 2.37. The molecular formula is C21H34N4O5S. The number of amides is 3. The molecule has 0 spiro atoms. The Bertz CT molecular complexity index is 694. The van der Waals surface area contributed by atoms with Crippen molar-refractivity contribution in [3.8, 4) is 0 Å². The van der Waals surface area contributed by atoms with Crippen molar-refractivity contribution >= 4 is 34.7 Å². The van der Waals surface area contributed by atoms with Gasteiger partial charge in [-0.25, -0.2) is 10.0 Å². The summed E-state index contributed by atoms with van der Waals surface area (Å²) in [5, 5.41) is 28.2. The molecule has 31 heavy (non-hydrogen) atoms. The lowest BCUT2D eigenvalue weighted by atomic mass is 9.79. The first-order chi connectivity index (χ1) is 14.9. The number of aromatic nitrogens is 1. The van der Waals surface area contributed by atoms with Crippen LogP contribution in [-0.2, 0) is 14.4 Å². The van der Waals surface area contributed by atoms with E-state index in [4.69, 9.17) is 0 Å². The van der Waals surface area contributed by atoms with Crippen molar-refractivity contribution in [2.75, 3.05) is 5.32 Å². The zero-order valence-electron chi connectivity index (χ0n) is 18.2. The van der Waals surface area contributed by atoms with Gasteiger partial charge in [-0.1, -0.05) is 45.4 Å². The summed E-state index contributed by atoms with van der Waals surface area (Å²) in [5.41, 5.74) is 0. The molecule has 0 aromatic carbocycles. The molecule has 1 heterocycles. The molecule has 0 radical (unpaired) electrons. The average Bonchev–Trinajstić information content (AvgIpc) is 3.27. The van der Waals surface area contributed by atoms with Crippen LogP contribution in [0.5, 0.6) is 0 Å². The molecule has 3 amide bonds. The highest BCUT2D eigenvalue weighted by atomic mass is 32.1. The normalized spacial score (nSPS) is 18.5. The third kappa shape index (κ3) is 7.55. The first kappa shape index (κ1) is 25.2. The number of hydrogen-bond acceptors (Lipinski definition) is 7. The number of anilines is 1. The maximum absolute atomic E-state index is 13.3. The summed E-state index contributed by atoms with van der Waals surface area (Å²) in [6.07, 6.45) is 7.73. The van der Waals surface area contributed by atoms with Gasteiger partial charge in [0.1, 0.15) is 6.04 Å². The standard InChI is InChI=1S/C21H34N4O5S/c1-3-7-17(25(30)13-26)16(12-15-8-5-4-6-9-15)19(28)23-18(14(2)27)20(29)24-21-22-10-11-31-21/h10-11,13-18,27,30H,3-9,12H2,1-2H3,(H,23,28)(H,22,24,29)/t14-,16+,17-,18-/m0/s1. The van der Waals surface area contributed by atoms with Crippen molar-refractivity contribution in [3.05, 3.63) is 11.6 Å². The number of carbonyl (C=O) groups is 3. The van der Waals surface area contributed by atoms with Crippen LogP contribution in [-0.4, -0.2) is 56.8 Å². The molecule has 1 fully saturated rings. The molecule has 10 heteroatoms. The lowest BCUT2D eigenvalue weighted by molar-refractivity contribution is -0.170. The van der Waals surface area contributed by atoms with Crippen molar-refractivity contribution in [2.24, 2.45) is 11.8 Å². The van der Waals surface area contributed by atoms with E-state index in [0.29, 0.717) is 41.8 Å². The van der Waals surface area contributed by atoms with Crippen molar-refractivity contribution in [1.29, 1.82) is 0 Å². The fourth-order valence-corrected chi connectivity index (χ4v) is 4.78. The summed E-state index contributed by atoms with van der Waals surface area (Å²) in [6, 6.07) is -1.88. The average molecular weight is 455 g/mol. The van der Waals surface area contributed by atoms with Gasteiger partial charge in [0, 0.05) is 11.6 Å². The Morgan fingerprint density at radius 1 is 1.32 bits per heavy atom. The third-order valence-corrected chi connectivity index (χ3v) is 6.56. The summed E-state index contributed by atoms with van der Waals surface area (Å²) in [4.78, 5) is 41.2. The summed E-state index contributed by atoms with van der Waals surface area (Å²) in [5.74, 6) is -1.40. The Morgan fingerprint density at radius 3 is 2.58 bits per heavy atom. The minimum absolute atomic E-state index is 0.318. The number of nitrogens with one attached hydrogen (secondary N) is 2. The van der Waals surface area contributed by atoms with Crippen LogP contribution < -0.4 is 10.6 Å². The minimum atomic E-state index is -1.18. The van der Waals surface area contributed by atoms with Crippen LogP contribution in [0.2, 0.25) is 0 Å². The molecule has 0 bridgehead atoms. The summed E-state index contributed by atoms with van der Waals surface area (Å²) in [7, 11) is 0. The Balaban J connectivity index is 2.19. The van der Waals surface area contributed by atoms with Crippen molar-refractivity contribution in [1.82, 2.24) is 15.4 Å². The predicted molar refractivity (Wildman–Crippen MR) is 117 cm³/mol. The first-order valence-corrected chi connectivity index (χ1v) is 11.9. The molecule has 2 rings (SSSR count). The fourth-order valence-electron chi connectivity index (χ4n) is 4.25. The van der Waals surface area contributed by atoms with Crippen molar-refractivity contribution < 1.29 is 24.7 Å². The number of aliphatic hydroxyl groups is 1. The van der Waals surface area contributed by atoms with Crippen LogP contribution in [0.1, 0.15) is 65.2 Å². The second-order valence-corrected chi connectivity index (χ2v) is 9.14. The quantitative estimate of drug-likeness (QED) is 0.218. The van der Waals surface area contributed by atoms with E-state index in [1.54, 1.807) is 11.6 Å². The van der Waals surface area contributed by atoms with E-state index in [1.165, 1.54) is 24.7 Å². The van der Waals surface area contributed by atoms with Gasteiger partial charge in [-0.3, -0.25) is 19.6 Å². The van der Waals surface area contributed by atoms with E-state index >= 15 is 0 Å². The molecule has 1 aromatic heterocycles. The second kappa shape index (κ2) is 12.7. The molecule has 0 saturated heterocycles. The van der Waals surface area contributed by atoms with E-state index in [0.717, 1.165) is 25.7 Å². The smallest absolute Gasteiger partial charge is 0.251 e. The zero-order valence-corrected chi connectivity index (χ0v) is 19.0. The molecule has 4 atom stereocenters. The van der Waals surface area contributed by atoms with E-state index in [9.17, 15) is 24.7 Å². The highest BCUT2D eigenvalue weighted by molar-refractivity contribution is 7.13. The maximum Gasteiger partial charge on any atom is 0.251 e. The first-order valence-electron chi connectivity index (χ1n) is 11.0. The van der Waals surface area contributed by atoms with E-state index in [2.05, 4.69) is 15.6 Å². The van der Waals surface area contributed by atoms with Gasteiger partial charge in [-0.2, -0.15) is 0 Å². The van der Waals surface area contributed by atoms with Gasteiger partial charge >= 0.3 is 0 Å². The SMILES string of the molecule is CCC[C@@H]([C@@H](CC1CCCCC1)C(=O)N[C@H](C(=O)Nc1nccs1)[C@H](C)O)N(O)C=O. The Hall–Kier alpha value is -2.04. The van der Waals surface area contributed by atoms with Gasteiger partial charge in [0.05, 0.1) is 18.1 Å². The van der Waals surface area contributed by atoms with Crippen molar-refractivity contribution in [3.63, 3.8) is 0 Å². The third-order valence-electron chi connectivity index (χ3n) is 5.87. The number of hydroxylamine groups is 2. The molecule has 1 aromatic rings. The molecule has 174 valence electrons.